The van der Waals surface area contributed by atoms with Crippen molar-refractivity contribution in [3.8, 4) is 0 Å². The van der Waals surface area contributed by atoms with E-state index in [0.717, 1.165) is 25.7 Å². The number of hydrogen-bond donors (Lipinski definition) is 1. The predicted octanol–water partition coefficient (Wildman–Crippen LogP) is 1.33. The lowest BCUT2D eigenvalue weighted by atomic mass is 9.96. The van der Waals surface area contributed by atoms with Crippen LogP contribution in [0, 0.1) is 5.92 Å². The molecule has 2 bridgehead atoms. The van der Waals surface area contributed by atoms with E-state index in [1.807, 2.05) is 0 Å². The topological polar surface area (TPSA) is 49.4 Å². The van der Waals surface area contributed by atoms with Gasteiger partial charge in [-0.2, -0.15) is 4.31 Å². The van der Waals surface area contributed by atoms with Crippen LogP contribution >= 0.6 is 0 Å². The van der Waals surface area contributed by atoms with Crippen LogP contribution in [0.4, 0.5) is 0 Å². The summed E-state index contributed by atoms with van der Waals surface area (Å²) < 4.78 is 26.7. The summed E-state index contributed by atoms with van der Waals surface area (Å²) in [7, 11) is -3.02. The molecular formula is C13H24N2O2S. The molecule has 18 heavy (non-hydrogen) atoms. The Morgan fingerprint density at radius 2 is 1.56 bits per heavy atom. The van der Waals surface area contributed by atoms with Gasteiger partial charge in [0, 0.05) is 25.2 Å². The van der Waals surface area contributed by atoms with Crippen LogP contribution in [0.2, 0.25) is 0 Å². The van der Waals surface area contributed by atoms with Gasteiger partial charge in [0.1, 0.15) is 0 Å². The normalized spacial score (nSPS) is 34.9. The molecule has 5 heteroatoms. The van der Waals surface area contributed by atoms with Crippen LogP contribution in [0.25, 0.3) is 0 Å². The van der Waals surface area contributed by atoms with Crippen molar-refractivity contribution in [2.75, 3.05) is 18.8 Å². The Morgan fingerprint density at radius 3 is 2.17 bits per heavy atom. The Bertz CT molecular complexity index is 378. The molecule has 2 atom stereocenters. The summed E-state index contributed by atoms with van der Waals surface area (Å²) in [5, 5.41) is 3.54. The molecule has 2 aliphatic heterocycles. The van der Waals surface area contributed by atoms with E-state index in [1.165, 1.54) is 19.3 Å². The van der Waals surface area contributed by atoms with Gasteiger partial charge in [-0.25, -0.2) is 8.42 Å². The summed E-state index contributed by atoms with van der Waals surface area (Å²) in [6.07, 6.45) is 8.16. The number of nitrogens with one attached hydrogen (secondary N) is 1. The second-order valence-corrected chi connectivity index (χ2v) is 8.25. The van der Waals surface area contributed by atoms with Crippen molar-refractivity contribution in [1.29, 1.82) is 0 Å². The molecule has 0 aromatic heterocycles. The third-order valence-corrected chi connectivity index (χ3v) is 6.72. The molecule has 3 rings (SSSR count). The van der Waals surface area contributed by atoms with E-state index in [2.05, 4.69) is 5.32 Å². The fourth-order valence-corrected chi connectivity index (χ4v) is 5.73. The van der Waals surface area contributed by atoms with Gasteiger partial charge in [0.25, 0.3) is 0 Å². The zero-order valence-corrected chi connectivity index (χ0v) is 11.8. The number of rotatable bonds is 3. The van der Waals surface area contributed by atoms with Crippen molar-refractivity contribution in [1.82, 2.24) is 9.62 Å². The van der Waals surface area contributed by atoms with Crippen LogP contribution in [0.5, 0.6) is 0 Å². The first-order chi connectivity index (χ1) is 8.63. The van der Waals surface area contributed by atoms with Gasteiger partial charge in [0.15, 0.2) is 0 Å². The molecule has 0 radical (unpaired) electrons. The maximum atomic E-state index is 12.5. The van der Waals surface area contributed by atoms with Gasteiger partial charge < -0.3 is 5.32 Å². The maximum absolute atomic E-state index is 12.5. The van der Waals surface area contributed by atoms with Gasteiger partial charge in [-0.1, -0.05) is 19.3 Å². The predicted molar refractivity (Wildman–Crippen MR) is 71.9 cm³/mol. The molecule has 1 aliphatic carbocycles. The van der Waals surface area contributed by atoms with E-state index in [9.17, 15) is 8.42 Å². The molecule has 2 saturated heterocycles. The summed E-state index contributed by atoms with van der Waals surface area (Å²) >= 11 is 0. The van der Waals surface area contributed by atoms with Crippen molar-refractivity contribution in [3.63, 3.8) is 0 Å². The maximum Gasteiger partial charge on any atom is 0.214 e. The summed E-state index contributed by atoms with van der Waals surface area (Å²) in [4.78, 5) is 0. The molecular weight excluding hydrogens is 248 g/mol. The van der Waals surface area contributed by atoms with Crippen molar-refractivity contribution in [3.05, 3.63) is 0 Å². The molecule has 104 valence electrons. The lowest BCUT2D eigenvalue weighted by Crippen LogP contribution is -2.60. The quantitative estimate of drug-likeness (QED) is 0.843. The molecule has 1 N–H and O–H groups in total. The van der Waals surface area contributed by atoms with Crippen LogP contribution in [-0.2, 0) is 10.0 Å². The SMILES string of the molecule is O=S(=O)(CC1CCCC1)N1CC2CCCC(C1)N2. The third kappa shape index (κ3) is 2.73. The van der Waals surface area contributed by atoms with Crippen LogP contribution in [0.3, 0.4) is 0 Å². The highest BCUT2D eigenvalue weighted by atomic mass is 32.2. The Labute approximate surface area is 110 Å². The lowest BCUT2D eigenvalue weighted by Gasteiger charge is -2.42. The number of piperidine rings is 1. The molecule has 3 fully saturated rings. The van der Waals surface area contributed by atoms with E-state index >= 15 is 0 Å². The van der Waals surface area contributed by atoms with E-state index < -0.39 is 10.0 Å². The number of fused-ring (bicyclic) bond motifs is 2. The minimum Gasteiger partial charge on any atom is -0.309 e. The van der Waals surface area contributed by atoms with Crippen LogP contribution in [0.1, 0.15) is 44.9 Å². The summed E-state index contributed by atoms with van der Waals surface area (Å²) in [5.74, 6) is 0.816. The van der Waals surface area contributed by atoms with E-state index in [-0.39, 0.29) is 0 Å². The Balaban J connectivity index is 1.65. The van der Waals surface area contributed by atoms with Crippen LogP contribution in [-0.4, -0.2) is 43.6 Å². The van der Waals surface area contributed by atoms with Crippen molar-refractivity contribution in [2.45, 2.75) is 57.0 Å². The van der Waals surface area contributed by atoms with Crippen LogP contribution < -0.4 is 5.32 Å². The fourth-order valence-electron chi connectivity index (χ4n) is 3.77. The fraction of sp³-hybridized carbons (Fsp3) is 1.00. The first-order valence-corrected chi connectivity index (χ1v) is 8.98. The minimum atomic E-state index is -3.02. The van der Waals surface area contributed by atoms with Crippen molar-refractivity contribution in [2.24, 2.45) is 5.92 Å². The van der Waals surface area contributed by atoms with Crippen LogP contribution in [0.15, 0.2) is 0 Å². The Kier molecular flexibility index (Phi) is 3.65. The third-order valence-electron chi connectivity index (χ3n) is 4.74. The van der Waals surface area contributed by atoms with Gasteiger partial charge in [-0.05, 0) is 31.6 Å². The highest BCUT2D eigenvalue weighted by Crippen LogP contribution is 2.28. The van der Waals surface area contributed by atoms with E-state index in [1.54, 1.807) is 4.31 Å². The molecule has 4 nitrogen and oxygen atoms in total. The second-order valence-electron chi connectivity index (χ2n) is 6.24. The Hall–Kier alpha value is -0.130. The monoisotopic (exact) mass is 272 g/mol. The number of sulfonamides is 1. The first kappa shape index (κ1) is 12.9. The molecule has 0 spiro atoms. The average molecular weight is 272 g/mol. The molecule has 0 aromatic rings. The minimum absolute atomic E-state index is 0.395. The largest absolute Gasteiger partial charge is 0.309 e. The highest BCUT2D eigenvalue weighted by molar-refractivity contribution is 7.89. The molecule has 0 aromatic carbocycles. The summed E-state index contributed by atoms with van der Waals surface area (Å²) in [6.45, 7) is 1.40. The number of nitrogens with zero attached hydrogens (tertiary/aromatic N) is 1. The van der Waals surface area contributed by atoms with Gasteiger partial charge in [-0.15, -0.1) is 0 Å². The Morgan fingerprint density at radius 1 is 0.944 bits per heavy atom. The summed E-state index contributed by atoms with van der Waals surface area (Å²) in [6, 6.07) is 0.798. The molecule has 2 unspecified atom stereocenters. The highest BCUT2D eigenvalue weighted by Gasteiger charge is 2.36. The standard InChI is InChI=1S/C13H24N2O2S/c16-18(17,10-11-4-1-2-5-11)15-8-12-6-3-7-13(9-15)14-12/h11-14H,1-10H2. The van der Waals surface area contributed by atoms with Gasteiger partial charge in [-0.3, -0.25) is 0 Å². The smallest absolute Gasteiger partial charge is 0.214 e. The molecule has 0 amide bonds. The molecule has 3 aliphatic rings. The van der Waals surface area contributed by atoms with Gasteiger partial charge >= 0.3 is 0 Å². The van der Waals surface area contributed by atoms with Gasteiger partial charge in [0.05, 0.1) is 5.75 Å². The zero-order valence-electron chi connectivity index (χ0n) is 11.0. The zero-order chi connectivity index (χ0) is 12.6. The van der Waals surface area contributed by atoms with E-state index in [4.69, 9.17) is 0 Å². The average Bonchev–Trinajstić information content (AvgIpc) is 2.80. The van der Waals surface area contributed by atoms with E-state index in [0.29, 0.717) is 36.8 Å². The van der Waals surface area contributed by atoms with Crippen molar-refractivity contribution >= 4 is 10.0 Å². The second kappa shape index (κ2) is 5.10. The molecule has 2 heterocycles. The lowest BCUT2D eigenvalue weighted by molar-refractivity contribution is 0.190. The number of piperazine rings is 1. The van der Waals surface area contributed by atoms with Gasteiger partial charge in [0.2, 0.25) is 10.0 Å². The van der Waals surface area contributed by atoms with Crippen molar-refractivity contribution < 1.29 is 8.42 Å². The number of hydrogen-bond acceptors (Lipinski definition) is 3. The summed E-state index contributed by atoms with van der Waals surface area (Å²) in [5.41, 5.74) is 0. The first-order valence-electron chi connectivity index (χ1n) is 7.37. The molecule has 1 saturated carbocycles.